The summed E-state index contributed by atoms with van der Waals surface area (Å²) in [6.07, 6.45) is 0. The van der Waals surface area contributed by atoms with Crippen molar-refractivity contribution in [2.24, 2.45) is 0 Å². The molecule has 1 aromatic carbocycles. The van der Waals surface area contributed by atoms with Crippen molar-refractivity contribution in [3.63, 3.8) is 0 Å². The molecule has 1 aliphatic rings. The molecule has 0 aliphatic carbocycles. The Morgan fingerprint density at radius 3 is 2.44 bits per heavy atom. The van der Waals surface area contributed by atoms with Crippen LogP contribution in [0.25, 0.3) is 0 Å². The minimum absolute atomic E-state index is 0.899. The number of nitrogens with two attached hydrogens (primary N) is 1. The van der Waals surface area contributed by atoms with Crippen LogP contribution in [-0.2, 0) is 0 Å². The summed E-state index contributed by atoms with van der Waals surface area (Å²) in [5.41, 5.74) is 9.27. The summed E-state index contributed by atoms with van der Waals surface area (Å²) < 4.78 is 0. The van der Waals surface area contributed by atoms with Crippen LogP contribution in [0.5, 0.6) is 0 Å². The van der Waals surface area contributed by atoms with Crippen molar-refractivity contribution in [3.8, 4) is 0 Å². The fraction of sp³-hybridized carbons (Fsp3) is 0.538. The van der Waals surface area contributed by atoms with Gasteiger partial charge < -0.3 is 15.5 Å². The molecule has 3 nitrogen and oxygen atoms in total. The summed E-state index contributed by atoms with van der Waals surface area (Å²) in [5, 5.41) is 0. The molecule has 0 unspecified atom stereocenters. The van der Waals surface area contributed by atoms with E-state index in [1.54, 1.807) is 0 Å². The van der Waals surface area contributed by atoms with Crippen LogP contribution >= 0.6 is 0 Å². The first-order valence-electron chi connectivity index (χ1n) is 6.04. The van der Waals surface area contributed by atoms with Gasteiger partial charge in [0.1, 0.15) is 0 Å². The van der Waals surface area contributed by atoms with Crippen molar-refractivity contribution in [2.45, 2.75) is 13.8 Å². The first-order chi connectivity index (χ1) is 7.70. The van der Waals surface area contributed by atoms with E-state index in [9.17, 15) is 0 Å². The first-order valence-corrected chi connectivity index (χ1v) is 6.04. The van der Waals surface area contributed by atoms with Crippen LogP contribution in [0.4, 0.5) is 11.4 Å². The van der Waals surface area contributed by atoms with Crippen LogP contribution in [0.1, 0.15) is 12.5 Å². The topological polar surface area (TPSA) is 32.5 Å². The highest BCUT2D eigenvalue weighted by molar-refractivity contribution is 5.59. The van der Waals surface area contributed by atoms with E-state index >= 15 is 0 Å². The van der Waals surface area contributed by atoms with E-state index in [4.69, 9.17) is 5.73 Å². The molecule has 1 heterocycles. The Balaban J connectivity index is 2.05. The van der Waals surface area contributed by atoms with E-state index in [0.717, 1.165) is 44.0 Å². The van der Waals surface area contributed by atoms with Crippen LogP contribution in [-0.4, -0.2) is 37.6 Å². The van der Waals surface area contributed by atoms with Gasteiger partial charge in [0.25, 0.3) is 0 Å². The molecule has 3 heteroatoms. The van der Waals surface area contributed by atoms with E-state index < -0.39 is 0 Å². The lowest BCUT2D eigenvalue weighted by Crippen LogP contribution is -2.46. The molecule has 0 atom stereocenters. The van der Waals surface area contributed by atoms with Crippen LogP contribution in [0.3, 0.4) is 0 Å². The van der Waals surface area contributed by atoms with Crippen molar-refractivity contribution >= 4 is 11.4 Å². The van der Waals surface area contributed by atoms with Gasteiger partial charge in [0, 0.05) is 37.6 Å². The summed E-state index contributed by atoms with van der Waals surface area (Å²) in [7, 11) is 0. The average molecular weight is 219 g/mol. The number of piperazine rings is 1. The molecule has 0 saturated carbocycles. The number of nitrogens with zero attached hydrogens (tertiary/aromatic N) is 2. The molecule has 16 heavy (non-hydrogen) atoms. The maximum atomic E-state index is 5.94. The number of benzene rings is 1. The van der Waals surface area contributed by atoms with Crippen LogP contribution in [0.15, 0.2) is 18.2 Å². The lowest BCUT2D eigenvalue weighted by Gasteiger charge is -2.35. The van der Waals surface area contributed by atoms with E-state index in [0.29, 0.717) is 0 Å². The van der Waals surface area contributed by atoms with E-state index in [2.05, 4.69) is 34.9 Å². The smallest absolute Gasteiger partial charge is 0.0387 e. The van der Waals surface area contributed by atoms with Gasteiger partial charge in [-0.05, 0) is 31.2 Å². The van der Waals surface area contributed by atoms with Gasteiger partial charge in [-0.25, -0.2) is 0 Å². The molecule has 0 amide bonds. The molecule has 1 saturated heterocycles. The lowest BCUT2D eigenvalue weighted by atomic mass is 10.1. The second-order valence-electron chi connectivity index (χ2n) is 4.46. The zero-order chi connectivity index (χ0) is 11.5. The Kier molecular flexibility index (Phi) is 3.34. The van der Waals surface area contributed by atoms with Gasteiger partial charge in [0.15, 0.2) is 0 Å². The zero-order valence-electron chi connectivity index (χ0n) is 10.2. The molecular weight excluding hydrogens is 198 g/mol. The van der Waals surface area contributed by atoms with Gasteiger partial charge in [-0.3, -0.25) is 0 Å². The van der Waals surface area contributed by atoms with Gasteiger partial charge in [-0.15, -0.1) is 0 Å². The summed E-state index contributed by atoms with van der Waals surface area (Å²) >= 11 is 0. The highest BCUT2D eigenvalue weighted by Crippen LogP contribution is 2.21. The Hall–Kier alpha value is -1.22. The summed E-state index contributed by atoms with van der Waals surface area (Å²) in [5.74, 6) is 0. The highest BCUT2D eigenvalue weighted by atomic mass is 15.3. The molecule has 0 radical (unpaired) electrons. The Morgan fingerprint density at radius 2 is 1.88 bits per heavy atom. The second-order valence-corrected chi connectivity index (χ2v) is 4.46. The van der Waals surface area contributed by atoms with E-state index in [1.165, 1.54) is 5.69 Å². The molecule has 2 N–H and O–H groups in total. The SMILES string of the molecule is CCN1CCN(c2ccc(C)c(N)c2)CC1. The largest absolute Gasteiger partial charge is 0.398 e. The van der Waals surface area contributed by atoms with Crippen molar-refractivity contribution in [1.82, 2.24) is 4.90 Å². The number of rotatable bonds is 2. The standard InChI is InChI=1S/C13H21N3/c1-3-15-6-8-16(9-7-15)12-5-4-11(2)13(14)10-12/h4-5,10H,3,6-9,14H2,1-2H3. The second kappa shape index (κ2) is 4.74. The molecule has 0 aromatic heterocycles. The normalized spacial score (nSPS) is 17.8. The Labute approximate surface area is 97.8 Å². The van der Waals surface area contributed by atoms with Gasteiger partial charge in [0.2, 0.25) is 0 Å². The molecule has 88 valence electrons. The molecule has 1 aromatic rings. The number of hydrogen-bond acceptors (Lipinski definition) is 3. The molecule has 1 aliphatic heterocycles. The molecular formula is C13H21N3. The van der Waals surface area contributed by atoms with Crippen molar-refractivity contribution < 1.29 is 0 Å². The minimum atomic E-state index is 0.899. The van der Waals surface area contributed by atoms with Gasteiger partial charge in [-0.2, -0.15) is 0 Å². The number of hydrogen-bond donors (Lipinski definition) is 1. The predicted octanol–water partition coefficient (Wildman–Crippen LogP) is 1.72. The van der Waals surface area contributed by atoms with Crippen LogP contribution in [0, 0.1) is 6.92 Å². The quantitative estimate of drug-likeness (QED) is 0.769. The predicted molar refractivity (Wildman–Crippen MR) is 69.9 cm³/mol. The maximum absolute atomic E-state index is 5.94. The number of likely N-dealkylation sites (N-methyl/N-ethyl adjacent to an activating group) is 1. The molecule has 1 fully saturated rings. The van der Waals surface area contributed by atoms with Crippen molar-refractivity contribution in [2.75, 3.05) is 43.4 Å². The van der Waals surface area contributed by atoms with Crippen LogP contribution in [0.2, 0.25) is 0 Å². The first kappa shape index (κ1) is 11.3. The fourth-order valence-electron chi connectivity index (χ4n) is 2.15. The molecule has 0 spiro atoms. The monoisotopic (exact) mass is 219 g/mol. The van der Waals surface area contributed by atoms with Gasteiger partial charge in [-0.1, -0.05) is 13.0 Å². The summed E-state index contributed by atoms with van der Waals surface area (Å²) in [6.45, 7) is 9.96. The lowest BCUT2D eigenvalue weighted by molar-refractivity contribution is 0.271. The average Bonchev–Trinajstić information content (AvgIpc) is 2.33. The number of aryl methyl sites for hydroxylation is 1. The van der Waals surface area contributed by atoms with E-state index in [1.807, 2.05) is 6.92 Å². The minimum Gasteiger partial charge on any atom is -0.398 e. The number of anilines is 2. The Morgan fingerprint density at radius 1 is 1.19 bits per heavy atom. The fourth-order valence-corrected chi connectivity index (χ4v) is 2.15. The van der Waals surface area contributed by atoms with Gasteiger partial charge >= 0.3 is 0 Å². The van der Waals surface area contributed by atoms with E-state index in [-0.39, 0.29) is 0 Å². The summed E-state index contributed by atoms with van der Waals surface area (Å²) in [6, 6.07) is 6.38. The van der Waals surface area contributed by atoms with Crippen molar-refractivity contribution in [3.05, 3.63) is 23.8 Å². The molecule has 2 rings (SSSR count). The van der Waals surface area contributed by atoms with Crippen LogP contribution < -0.4 is 10.6 Å². The Bertz CT molecular complexity index is 354. The van der Waals surface area contributed by atoms with Crippen molar-refractivity contribution in [1.29, 1.82) is 0 Å². The third-order valence-corrected chi connectivity index (χ3v) is 3.45. The maximum Gasteiger partial charge on any atom is 0.0387 e. The van der Waals surface area contributed by atoms with Gasteiger partial charge in [0.05, 0.1) is 0 Å². The zero-order valence-corrected chi connectivity index (χ0v) is 10.2. The number of nitrogen functional groups attached to an aromatic ring is 1. The third-order valence-electron chi connectivity index (χ3n) is 3.45. The summed E-state index contributed by atoms with van der Waals surface area (Å²) in [4.78, 5) is 4.90. The molecule has 0 bridgehead atoms. The third kappa shape index (κ3) is 2.30. The highest BCUT2D eigenvalue weighted by Gasteiger charge is 2.15.